The van der Waals surface area contributed by atoms with Gasteiger partial charge < -0.3 is 5.32 Å². The van der Waals surface area contributed by atoms with Crippen molar-refractivity contribution in [3.63, 3.8) is 0 Å². The van der Waals surface area contributed by atoms with Gasteiger partial charge in [0.2, 0.25) is 0 Å². The molecule has 0 atom stereocenters. The lowest BCUT2D eigenvalue weighted by Gasteiger charge is -2.05. The van der Waals surface area contributed by atoms with Gasteiger partial charge in [-0.05, 0) is 17.7 Å². The number of nitrogens with one attached hydrogen (secondary N) is 1. The van der Waals surface area contributed by atoms with Crippen LogP contribution in [-0.4, -0.2) is 9.38 Å². The van der Waals surface area contributed by atoms with Crippen LogP contribution in [0.5, 0.6) is 0 Å². The predicted octanol–water partition coefficient (Wildman–Crippen LogP) is 3.75. The topological polar surface area (TPSA) is 29.3 Å². The van der Waals surface area contributed by atoms with E-state index in [9.17, 15) is 0 Å². The summed E-state index contributed by atoms with van der Waals surface area (Å²) in [6, 6.07) is 8.12. The first-order valence-corrected chi connectivity index (χ1v) is 7.06. The molecule has 0 aliphatic heterocycles. The maximum Gasteiger partial charge on any atom is 0.193 e. The van der Waals surface area contributed by atoms with E-state index in [1.807, 2.05) is 40.4 Å². The highest BCUT2D eigenvalue weighted by Gasteiger charge is 2.02. The van der Waals surface area contributed by atoms with Crippen molar-refractivity contribution in [2.45, 2.75) is 12.4 Å². The van der Waals surface area contributed by atoms with Gasteiger partial charge >= 0.3 is 0 Å². The zero-order valence-electron chi connectivity index (χ0n) is 9.64. The molecule has 0 aliphatic carbocycles. The predicted molar refractivity (Wildman–Crippen MR) is 76.4 cm³/mol. The van der Waals surface area contributed by atoms with Crippen molar-refractivity contribution >= 4 is 33.6 Å². The van der Waals surface area contributed by atoms with Crippen molar-refractivity contribution in [3.8, 4) is 0 Å². The van der Waals surface area contributed by atoms with Crippen LogP contribution in [0.2, 0.25) is 0 Å². The lowest BCUT2D eigenvalue weighted by Crippen LogP contribution is -1.99. The minimum atomic E-state index is 0.537. The number of fused-ring (bicyclic) bond motifs is 1. The first-order chi connectivity index (χ1) is 8.85. The number of thiazole rings is 1. The van der Waals surface area contributed by atoms with Gasteiger partial charge in [-0.3, -0.25) is 4.40 Å². The third-order valence-corrected chi connectivity index (χ3v) is 3.78. The van der Waals surface area contributed by atoms with Crippen LogP contribution in [0.15, 0.2) is 42.0 Å². The SMILES string of the molecule is ClCc1cccc(NCc2cn3ccsc3n2)c1. The van der Waals surface area contributed by atoms with Crippen LogP contribution in [0.3, 0.4) is 0 Å². The molecule has 92 valence electrons. The smallest absolute Gasteiger partial charge is 0.193 e. The van der Waals surface area contributed by atoms with Gasteiger partial charge in [0.25, 0.3) is 0 Å². The lowest BCUT2D eigenvalue weighted by molar-refractivity contribution is 1.08. The second-order valence-corrected chi connectivity index (χ2v) is 5.15. The highest BCUT2D eigenvalue weighted by molar-refractivity contribution is 7.15. The molecule has 1 aromatic carbocycles. The van der Waals surface area contributed by atoms with Crippen LogP contribution in [0.25, 0.3) is 4.96 Å². The number of alkyl halides is 1. The molecule has 5 heteroatoms. The standard InChI is InChI=1S/C13H12ClN3S/c14-7-10-2-1-3-11(6-10)15-8-12-9-17-4-5-18-13(17)16-12/h1-6,9,15H,7-8H2. The normalized spacial score (nSPS) is 10.9. The molecule has 18 heavy (non-hydrogen) atoms. The van der Waals surface area contributed by atoms with Crippen LogP contribution in [0, 0.1) is 0 Å². The first kappa shape index (κ1) is 11.6. The number of benzene rings is 1. The number of halogens is 1. The number of hydrogen-bond acceptors (Lipinski definition) is 3. The number of anilines is 1. The minimum Gasteiger partial charge on any atom is -0.379 e. The van der Waals surface area contributed by atoms with Crippen molar-refractivity contribution in [1.29, 1.82) is 0 Å². The van der Waals surface area contributed by atoms with Gasteiger partial charge in [-0.1, -0.05) is 12.1 Å². The van der Waals surface area contributed by atoms with Crippen molar-refractivity contribution in [3.05, 3.63) is 53.3 Å². The highest BCUT2D eigenvalue weighted by Crippen LogP contribution is 2.15. The molecule has 3 nitrogen and oxygen atoms in total. The monoisotopic (exact) mass is 277 g/mol. The second kappa shape index (κ2) is 5.00. The fraction of sp³-hybridized carbons (Fsp3) is 0.154. The molecule has 0 unspecified atom stereocenters. The molecule has 3 aromatic rings. The average Bonchev–Trinajstić information content (AvgIpc) is 2.97. The van der Waals surface area contributed by atoms with Crippen molar-refractivity contribution in [1.82, 2.24) is 9.38 Å². The third kappa shape index (κ3) is 2.35. The van der Waals surface area contributed by atoms with E-state index < -0.39 is 0 Å². The van der Waals surface area contributed by atoms with Crippen LogP contribution in [0.4, 0.5) is 5.69 Å². The molecule has 0 radical (unpaired) electrons. The molecular formula is C13H12ClN3S. The molecule has 1 N–H and O–H groups in total. The Bertz CT molecular complexity index is 630. The van der Waals surface area contributed by atoms with Gasteiger partial charge in [-0.2, -0.15) is 0 Å². The molecule has 0 saturated carbocycles. The molecule has 2 heterocycles. The Balaban J connectivity index is 1.71. The van der Waals surface area contributed by atoms with Crippen LogP contribution in [0.1, 0.15) is 11.3 Å². The van der Waals surface area contributed by atoms with Gasteiger partial charge in [-0.15, -0.1) is 22.9 Å². The number of imidazole rings is 1. The molecule has 0 bridgehead atoms. The Morgan fingerprint density at radius 3 is 3.17 bits per heavy atom. The average molecular weight is 278 g/mol. The summed E-state index contributed by atoms with van der Waals surface area (Å²) in [6.45, 7) is 0.722. The fourth-order valence-electron chi connectivity index (χ4n) is 1.82. The van der Waals surface area contributed by atoms with Crippen molar-refractivity contribution in [2.24, 2.45) is 0 Å². The Hall–Kier alpha value is -1.52. The van der Waals surface area contributed by atoms with Crippen LogP contribution < -0.4 is 5.32 Å². The van der Waals surface area contributed by atoms with E-state index in [2.05, 4.69) is 16.4 Å². The second-order valence-electron chi connectivity index (χ2n) is 4.01. The largest absolute Gasteiger partial charge is 0.379 e. The van der Waals surface area contributed by atoms with Crippen LogP contribution >= 0.6 is 22.9 Å². The number of rotatable bonds is 4. The summed E-state index contributed by atoms with van der Waals surface area (Å²) in [5, 5.41) is 5.39. The molecule has 0 spiro atoms. The molecule has 2 aromatic heterocycles. The summed E-state index contributed by atoms with van der Waals surface area (Å²) in [5.41, 5.74) is 3.23. The van der Waals surface area contributed by atoms with E-state index in [0.717, 1.165) is 28.5 Å². The van der Waals surface area contributed by atoms with Gasteiger partial charge in [0, 0.05) is 29.3 Å². The van der Waals surface area contributed by atoms with E-state index in [4.69, 9.17) is 11.6 Å². The molecule has 0 saturated heterocycles. The Labute approximate surface area is 114 Å². The number of nitrogens with zero attached hydrogens (tertiary/aromatic N) is 2. The van der Waals surface area contributed by atoms with Gasteiger partial charge in [0.15, 0.2) is 4.96 Å². The summed E-state index contributed by atoms with van der Waals surface area (Å²) in [5.74, 6) is 0.537. The van der Waals surface area contributed by atoms with E-state index in [1.54, 1.807) is 11.3 Å². The van der Waals surface area contributed by atoms with Crippen molar-refractivity contribution in [2.75, 3.05) is 5.32 Å². The highest BCUT2D eigenvalue weighted by atomic mass is 35.5. The van der Waals surface area contributed by atoms with Gasteiger partial charge in [0.1, 0.15) is 0 Å². The summed E-state index contributed by atoms with van der Waals surface area (Å²) in [7, 11) is 0. The molecule has 0 amide bonds. The summed E-state index contributed by atoms with van der Waals surface area (Å²) < 4.78 is 2.04. The zero-order valence-corrected chi connectivity index (χ0v) is 11.2. The van der Waals surface area contributed by atoms with Gasteiger partial charge in [0.05, 0.1) is 12.2 Å². The van der Waals surface area contributed by atoms with Crippen LogP contribution in [-0.2, 0) is 12.4 Å². The quantitative estimate of drug-likeness (QED) is 0.736. The summed E-state index contributed by atoms with van der Waals surface area (Å²) >= 11 is 7.46. The molecular weight excluding hydrogens is 266 g/mol. The molecule has 3 rings (SSSR count). The minimum absolute atomic E-state index is 0.537. The lowest BCUT2D eigenvalue weighted by atomic mass is 10.2. The zero-order chi connectivity index (χ0) is 12.4. The van der Waals surface area contributed by atoms with E-state index >= 15 is 0 Å². The maximum atomic E-state index is 5.81. The summed E-state index contributed by atoms with van der Waals surface area (Å²) in [6.07, 6.45) is 4.06. The van der Waals surface area contributed by atoms with Gasteiger partial charge in [-0.25, -0.2) is 4.98 Å². The number of hydrogen-bond donors (Lipinski definition) is 1. The molecule has 0 fully saturated rings. The number of aromatic nitrogens is 2. The third-order valence-electron chi connectivity index (χ3n) is 2.70. The van der Waals surface area contributed by atoms with E-state index in [1.165, 1.54) is 0 Å². The Kier molecular flexibility index (Phi) is 3.21. The molecule has 0 aliphatic rings. The van der Waals surface area contributed by atoms with E-state index in [0.29, 0.717) is 5.88 Å². The fourth-order valence-corrected chi connectivity index (χ4v) is 2.70. The first-order valence-electron chi connectivity index (χ1n) is 5.65. The van der Waals surface area contributed by atoms with Crippen molar-refractivity contribution < 1.29 is 0 Å². The Morgan fingerprint density at radius 2 is 2.33 bits per heavy atom. The summed E-state index contributed by atoms with van der Waals surface area (Å²) in [4.78, 5) is 5.55. The maximum absolute atomic E-state index is 5.81. The van der Waals surface area contributed by atoms with E-state index in [-0.39, 0.29) is 0 Å². The Morgan fingerprint density at radius 1 is 1.39 bits per heavy atom.